The van der Waals surface area contributed by atoms with E-state index in [1.165, 1.54) is 4.90 Å². The van der Waals surface area contributed by atoms with E-state index in [0.29, 0.717) is 12.1 Å². The Labute approximate surface area is 102 Å². The summed E-state index contributed by atoms with van der Waals surface area (Å²) in [7, 11) is 0. The average molecular weight is 283 g/mol. The van der Waals surface area contributed by atoms with Gasteiger partial charge in [-0.15, -0.1) is 0 Å². The van der Waals surface area contributed by atoms with E-state index in [1.54, 1.807) is 13.0 Å². The van der Waals surface area contributed by atoms with E-state index in [0.717, 1.165) is 10.2 Å². The second-order valence-electron chi connectivity index (χ2n) is 3.54. The maximum absolute atomic E-state index is 11.7. The highest BCUT2D eigenvalue weighted by Crippen LogP contribution is 2.32. The molecule has 84 valence electrons. The van der Waals surface area contributed by atoms with Crippen molar-refractivity contribution in [2.24, 2.45) is 0 Å². The van der Waals surface area contributed by atoms with E-state index in [1.807, 2.05) is 12.1 Å². The SMILES string of the molecule is CCC(=O)N1CC(=O)Nc2cc(Br)ccc21. The van der Waals surface area contributed by atoms with Gasteiger partial charge in [0.05, 0.1) is 11.4 Å². The van der Waals surface area contributed by atoms with Gasteiger partial charge in [0.15, 0.2) is 0 Å². The molecule has 1 N–H and O–H groups in total. The van der Waals surface area contributed by atoms with E-state index >= 15 is 0 Å². The third-order valence-corrected chi connectivity index (χ3v) is 2.92. The van der Waals surface area contributed by atoms with Crippen LogP contribution < -0.4 is 10.2 Å². The summed E-state index contributed by atoms with van der Waals surface area (Å²) in [5.41, 5.74) is 1.43. The molecule has 0 saturated carbocycles. The summed E-state index contributed by atoms with van der Waals surface area (Å²) < 4.78 is 0.873. The van der Waals surface area contributed by atoms with Gasteiger partial charge in [0.25, 0.3) is 0 Å². The predicted octanol–water partition coefficient (Wildman–Crippen LogP) is 2.14. The first-order valence-corrected chi connectivity index (χ1v) is 5.81. The van der Waals surface area contributed by atoms with Crippen LogP contribution in [0, 0.1) is 0 Å². The topological polar surface area (TPSA) is 49.4 Å². The highest BCUT2D eigenvalue weighted by molar-refractivity contribution is 9.10. The average Bonchev–Trinajstić information content (AvgIpc) is 2.26. The molecule has 0 radical (unpaired) electrons. The number of rotatable bonds is 1. The molecular weight excluding hydrogens is 272 g/mol. The highest BCUT2D eigenvalue weighted by atomic mass is 79.9. The standard InChI is InChI=1S/C11H11BrN2O2/c1-2-11(16)14-6-10(15)13-8-5-7(12)3-4-9(8)14/h3-5H,2,6H2,1H3,(H,13,15). The summed E-state index contributed by atoms with van der Waals surface area (Å²) >= 11 is 3.33. The fourth-order valence-electron chi connectivity index (χ4n) is 1.68. The second-order valence-corrected chi connectivity index (χ2v) is 4.46. The van der Waals surface area contributed by atoms with Crippen LogP contribution in [0.5, 0.6) is 0 Å². The fourth-order valence-corrected chi connectivity index (χ4v) is 2.04. The van der Waals surface area contributed by atoms with Crippen molar-refractivity contribution in [1.29, 1.82) is 0 Å². The molecule has 0 spiro atoms. The zero-order valence-corrected chi connectivity index (χ0v) is 10.4. The Kier molecular flexibility index (Phi) is 2.96. The van der Waals surface area contributed by atoms with Crippen LogP contribution in [0.3, 0.4) is 0 Å². The summed E-state index contributed by atoms with van der Waals surface area (Å²) in [5.74, 6) is -0.203. The molecule has 4 nitrogen and oxygen atoms in total. The molecule has 5 heteroatoms. The molecule has 0 aliphatic carbocycles. The van der Waals surface area contributed by atoms with Gasteiger partial charge in [-0.2, -0.15) is 0 Å². The van der Waals surface area contributed by atoms with Crippen molar-refractivity contribution in [2.45, 2.75) is 13.3 Å². The molecule has 0 unspecified atom stereocenters. The number of carbonyl (C=O) groups excluding carboxylic acids is 2. The molecule has 1 aliphatic heterocycles. The third-order valence-electron chi connectivity index (χ3n) is 2.43. The summed E-state index contributed by atoms with van der Waals surface area (Å²) in [4.78, 5) is 24.7. The minimum Gasteiger partial charge on any atom is -0.323 e. The molecule has 1 heterocycles. The second kappa shape index (κ2) is 4.25. The van der Waals surface area contributed by atoms with Gasteiger partial charge in [-0.3, -0.25) is 9.59 Å². The summed E-state index contributed by atoms with van der Waals surface area (Å²) in [6.45, 7) is 1.88. The first kappa shape index (κ1) is 11.1. The molecule has 2 amide bonds. The van der Waals surface area contributed by atoms with Crippen molar-refractivity contribution in [2.75, 3.05) is 16.8 Å². The number of halogens is 1. The number of fused-ring (bicyclic) bond motifs is 1. The number of benzene rings is 1. The number of hydrogen-bond donors (Lipinski definition) is 1. The number of hydrogen-bond acceptors (Lipinski definition) is 2. The molecule has 1 aromatic rings. The lowest BCUT2D eigenvalue weighted by atomic mass is 10.2. The molecule has 2 rings (SSSR count). The normalized spacial score (nSPS) is 14.4. The summed E-state index contributed by atoms with van der Waals surface area (Å²) in [5, 5.41) is 2.75. The Hall–Kier alpha value is -1.36. The van der Waals surface area contributed by atoms with E-state index < -0.39 is 0 Å². The number of nitrogens with one attached hydrogen (secondary N) is 1. The van der Waals surface area contributed by atoms with Crippen molar-refractivity contribution in [3.8, 4) is 0 Å². The Morgan fingerprint density at radius 3 is 3.00 bits per heavy atom. The Morgan fingerprint density at radius 2 is 2.31 bits per heavy atom. The van der Waals surface area contributed by atoms with Gasteiger partial charge < -0.3 is 10.2 Å². The molecular formula is C11H11BrN2O2. The highest BCUT2D eigenvalue weighted by Gasteiger charge is 2.25. The fraction of sp³-hybridized carbons (Fsp3) is 0.273. The van der Waals surface area contributed by atoms with Crippen LogP contribution in [0.2, 0.25) is 0 Å². The van der Waals surface area contributed by atoms with E-state index in [9.17, 15) is 9.59 Å². The van der Waals surface area contributed by atoms with E-state index in [4.69, 9.17) is 0 Å². The lowest BCUT2D eigenvalue weighted by molar-refractivity contribution is -0.121. The maximum atomic E-state index is 11.7. The summed E-state index contributed by atoms with van der Waals surface area (Å²) in [6.07, 6.45) is 0.392. The smallest absolute Gasteiger partial charge is 0.244 e. The van der Waals surface area contributed by atoms with Gasteiger partial charge in [0.1, 0.15) is 6.54 Å². The molecule has 1 aromatic carbocycles. The molecule has 1 aliphatic rings. The predicted molar refractivity (Wildman–Crippen MR) is 65.4 cm³/mol. The molecule has 0 fully saturated rings. The molecule has 0 bridgehead atoms. The lowest BCUT2D eigenvalue weighted by Crippen LogP contribution is -2.41. The maximum Gasteiger partial charge on any atom is 0.244 e. The van der Waals surface area contributed by atoms with Gasteiger partial charge in [-0.25, -0.2) is 0 Å². The van der Waals surface area contributed by atoms with E-state index in [2.05, 4.69) is 21.2 Å². The van der Waals surface area contributed by atoms with Crippen molar-refractivity contribution in [3.63, 3.8) is 0 Å². The van der Waals surface area contributed by atoms with Crippen molar-refractivity contribution < 1.29 is 9.59 Å². The summed E-state index contributed by atoms with van der Waals surface area (Å²) in [6, 6.07) is 5.47. The van der Waals surface area contributed by atoms with Gasteiger partial charge in [0, 0.05) is 10.9 Å². The third kappa shape index (κ3) is 1.95. The van der Waals surface area contributed by atoms with Gasteiger partial charge >= 0.3 is 0 Å². The van der Waals surface area contributed by atoms with Crippen molar-refractivity contribution in [3.05, 3.63) is 22.7 Å². The zero-order valence-electron chi connectivity index (χ0n) is 8.79. The van der Waals surface area contributed by atoms with Gasteiger partial charge in [-0.1, -0.05) is 22.9 Å². The molecule has 16 heavy (non-hydrogen) atoms. The quantitative estimate of drug-likeness (QED) is 0.858. The Balaban J connectivity index is 2.45. The Bertz CT molecular complexity index is 459. The largest absolute Gasteiger partial charge is 0.323 e. The van der Waals surface area contributed by atoms with Crippen LogP contribution in [-0.2, 0) is 9.59 Å². The first-order valence-electron chi connectivity index (χ1n) is 5.01. The number of nitrogens with zero attached hydrogens (tertiary/aromatic N) is 1. The first-order chi connectivity index (χ1) is 7.61. The van der Waals surface area contributed by atoms with Crippen molar-refractivity contribution in [1.82, 2.24) is 0 Å². The van der Waals surface area contributed by atoms with E-state index in [-0.39, 0.29) is 18.4 Å². The molecule has 0 aromatic heterocycles. The van der Waals surface area contributed by atoms with Crippen LogP contribution in [0.4, 0.5) is 11.4 Å². The van der Waals surface area contributed by atoms with Gasteiger partial charge in [0.2, 0.25) is 11.8 Å². The number of anilines is 2. The minimum absolute atomic E-state index is 0.0431. The number of amides is 2. The zero-order chi connectivity index (χ0) is 11.7. The Morgan fingerprint density at radius 1 is 1.56 bits per heavy atom. The molecule has 0 saturated heterocycles. The van der Waals surface area contributed by atoms with Crippen LogP contribution in [0.15, 0.2) is 22.7 Å². The minimum atomic E-state index is -0.160. The molecule has 0 atom stereocenters. The van der Waals surface area contributed by atoms with Crippen molar-refractivity contribution >= 4 is 39.1 Å². The number of carbonyl (C=O) groups is 2. The lowest BCUT2D eigenvalue weighted by Gasteiger charge is -2.29. The van der Waals surface area contributed by atoms with Crippen LogP contribution >= 0.6 is 15.9 Å². The monoisotopic (exact) mass is 282 g/mol. The van der Waals surface area contributed by atoms with Gasteiger partial charge in [-0.05, 0) is 18.2 Å². The van der Waals surface area contributed by atoms with Crippen LogP contribution in [0.25, 0.3) is 0 Å². The van der Waals surface area contributed by atoms with Crippen LogP contribution in [-0.4, -0.2) is 18.4 Å². The van der Waals surface area contributed by atoms with Crippen LogP contribution in [0.1, 0.15) is 13.3 Å².